The van der Waals surface area contributed by atoms with Crippen LogP contribution in [0.1, 0.15) is 24.2 Å². The molecule has 6 nitrogen and oxygen atoms in total. The highest BCUT2D eigenvalue weighted by atomic mass is 32.1. The van der Waals surface area contributed by atoms with Crippen molar-refractivity contribution in [1.82, 2.24) is 14.9 Å². The minimum Gasteiger partial charge on any atom is -0.455 e. The fourth-order valence-electron chi connectivity index (χ4n) is 2.61. The lowest BCUT2D eigenvalue weighted by atomic mass is 10.1. The van der Waals surface area contributed by atoms with Crippen LogP contribution in [0.4, 0.5) is 0 Å². The highest BCUT2D eigenvalue weighted by Gasteiger charge is 2.19. The molecule has 3 aromatic rings. The topological polar surface area (TPSA) is 72.4 Å². The van der Waals surface area contributed by atoms with Gasteiger partial charge in [-0.2, -0.15) is 0 Å². The average Bonchev–Trinajstić information content (AvgIpc) is 3.20. The third kappa shape index (κ3) is 5.01. The summed E-state index contributed by atoms with van der Waals surface area (Å²) in [5, 5.41) is 2.55. The molecule has 0 aliphatic heterocycles. The molecule has 1 aromatic carbocycles. The van der Waals surface area contributed by atoms with Crippen molar-refractivity contribution in [3.05, 3.63) is 71.4 Å². The summed E-state index contributed by atoms with van der Waals surface area (Å²) in [6.07, 6.45) is 1.72. The molecule has 3 rings (SSSR count). The lowest BCUT2D eigenvalue weighted by Crippen LogP contribution is -2.33. The molecule has 28 heavy (non-hydrogen) atoms. The molecule has 144 valence electrons. The van der Waals surface area contributed by atoms with Gasteiger partial charge in [0.1, 0.15) is 5.01 Å². The van der Waals surface area contributed by atoms with Crippen LogP contribution in [0.5, 0.6) is 0 Å². The number of amides is 1. The Kier molecular flexibility index (Phi) is 6.49. The van der Waals surface area contributed by atoms with E-state index in [0.717, 1.165) is 16.3 Å². The highest BCUT2D eigenvalue weighted by Crippen LogP contribution is 2.22. The van der Waals surface area contributed by atoms with Crippen LogP contribution in [0.25, 0.3) is 10.7 Å². The second-order valence-electron chi connectivity index (χ2n) is 6.29. The molecule has 2 heterocycles. The standard InChI is InChI=1S/C21H21N3O3S/c1-15(16-8-4-3-5-9-16)24(2)19(25)13-27-20(26)12-17-14-28-21(23-17)18-10-6-7-11-22-18/h3-11,14-15H,12-13H2,1-2H3. The summed E-state index contributed by atoms with van der Waals surface area (Å²) in [7, 11) is 1.70. The van der Waals surface area contributed by atoms with Gasteiger partial charge in [0.05, 0.1) is 23.9 Å². The number of rotatable bonds is 7. The second-order valence-corrected chi connectivity index (χ2v) is 7.15. The second kappa shape index (κ2) is 9.23. The van der Waals surface area contributed by atoms with Crippen LogP contribution < -0.4 is 0 Å². The van der Waals surface area contributed by atoms with Gasteiger partial charge in [-0.05, 0) is 24.6 Å². The smallest absolute Gasteiger partial charge is 0.312 e. The summed E-state index contributed by atoms with van der Waals surface area (Å²) in [5.74, 6) is -0.732. The van der Waals surface area contributed by atoms with Crippen LogP contribution in [-0.2, 0) is 20.7 Å². The molecule has 1 unspecified atom stereocenters. The van der Waals surface area contributed by atoms with Gasteiger partial charge < -0.3 is 9.64 Å². The maximum absolute atomic E-state index is 12.3. The number of hydrogen-bond donors (Lipinski definition) is 0. The quantitative estimate of drug-likeness (QED) is 0.573. The minimum atomic E-state index is -0.480. The summed E-state index contributed by atoms with van der Waals surface area (Å²) in [4.78, 5) is 34.6. The van der Waals surface area contributed by atoms with E-state index in [0.29, 0.717) is 5.69 Å². The molecule has 0 N–H and O–H groups in total. The summed E-state index contributed by atoms with van der Waals surface area (Å²) in [6, 6.07) is 15.2. The van der Waals surface area contributed by atoms with Crippen LogP contribution in [0, 0.1) is 0 Å². The van der Waals surface area contributed by atoms with E-state index in [4.69, 9.17) is 4.74 Å². The maximum Gasteiger partial charge on any atom is 0.312 e. The predicted octanol–water partition coefficient (Wildman–Crippen LogP) is 3.51. The van der Waals surface area contributed by atoms with Gasteiger partial charge in [-0.1, -0.05) is 36.4 Å². The van der Waals surface area contributed by atoms with Crippen molar-refractivity contribution in [2.75, 3.05) is 13.7 Å². The van der Waals surface area contributed by atoms with Crippen molar-refractivity contribution in [1.29, 1.82) is 0 Å². The Morgan fingerprint density at radius 1 is 1.14 bits per heavy atom. The number of likely N-dealkylation sites (N-methyl/N-ethyl adjacent to an activating group) is 1. The first-order valence-corrected chi connectivity index (χ1v) is 9.74. The molecule has 0 spiro atoms. The van der Waals surface area contributed by atoms with Gasteiger partial charge >= 0.3 is 5.97 Å². The first kappa shape index (κ1) is 19.7. The zero-order chi connectivity index (χ0) is 19.9. The number of esters is 1. The van der Waals surface area contributed by atoms with Gasteiger partial charge in [0.15, 0.2) is 6.61 Å². The van der Waals surface area contributed by atoms with Crippen LogP contribution in [0.15, 0.2) is 60.1 Å². The molecule has 0 saturated heterocycles. The summed E-state index contributed by atoms with van der Waals surface area (Å²) >= 11 is 1.42. The molecule has 0 fully saturated rings. The molecule has 2 aromatic heterocycles. The van der Waals surface area contributed by atoms with E-state index in [-0.39, 0.29) is 25.0 Å². The number of nitrogens with zero attached hydrogens (tertiary/aromatic N) is 3. The Hall–Kier alpha value is -3.06. The lowest BCUT2D eigenvalue weighted by Gasteiger charge is -2.25. The molecule has 0 aliphatic carbocycles. The van der Waals surface area contributed by atoms with Crippen LogP contribution >= 0.6 is 11.3 Å². The van der Waals surface area contributed by atoms with Crippen LogP contribution in [0.2, 0.25) is 0 Å². The van der Waals surface area contributed by atoms with Crippen molar-refractivity contribution >= 4 is 23.2 Å². The lowest BCUT2D eigenvalue weighted by molar-refractivity contribution is -0.151. The summed E-state index contributed by atoms with van der Waals surface area (Å²) in [5.41, 5.74) is 2.39. The van der Waals surface area contributed by atoms with Gasteiger partial charge in [0, 0.05) is 18.6 Å². The molecule has 0 bridgehead atoms. The Labute approximate surface area is 167 Å². The van der Waals surface area contributed by atoms with E-state index in [9.17, 15) is 9.59 Å². The van der Waals surface area contributed by atoms with E-state index in [1.54, 1.807) is 23.5 Å². The van der Waals surface area contributed by atoms with Crippen molar-refractivity contribution in [2.45, 2.75) is 19.4 Å². The number of pyridine rings is 1. The first-order chi connectivity index (χ1) is 13.5. The average molecular weight is 395 g/mol. The van der Waals surface area contributed by atoms with E-state index in [2.05, 4.69) is 9.97 Å². The van der Waals surface area contributed by atoms with Gasteiger partial charge in [0.25, 0.3) is 5.91 Å². The number of benzene rings is 1. The number of hydrogen-bond acceptors (Lipinski definition) is 6. The molecular formula is C21H21N3O3S. The molecule has 0 saturated carbocycles. The van der Waals surface area contributed by atoms with Gasteiger partial charge in [-0.25, -0.2) is 4.98 Å². The molecule has 1 atom stereocenters. The molecule has 1 amide bonds. The summed E-state index contributed by atoms with van der Waals surface area (Å²) in [6.45, 7) is 1.65. The van der Waals surface area contributed by atoms with Gasteiger partial charge in [-0.3, -0.25) is 14.6 Å². The van der Waals surface area contributed by atoms with Gasteiger partial charge in [-0.15, -0.1) is 11.3 Å². The van der Waals surface area contributed by atoms with Crippen LogP contribution in [-0.4, -0.2) is 40.4 Å². The van der Waals surface area contributed by atoms with Crippen molar-refractivity contribution in [3.63, 3.8) is 0 Å². The zero-order valence-corrected chi connectivity index (χ0v) is 16.6. The minimum absolute atomic E-state index is 0.0224. The largest absolute Gasteiger partial charge is 0.455 e. The van der Waals surface area contributed by atoms with Crippen molar-refractivity contribution in [2.24, 2.45) is 0 Å². The zero-order valence-electron chi connectivity index (χ0n) is 15.7. The Morgan fingerprint density at radius 2 is 1.89 bits per heavy atom. The Morgan fingerprint density at radius 3 is 2.61 bits per heavy atom. The normalized spacial score (nSPS) is 11.6. The molecular weight excluding hydrogens is 374 g/mol. The Bertz CT molecular complexity index is 928. The number of carbonyl (C=O) groups is 2. The van der Waals surface area contributed by atoms with Crippen molar-refractivity contribution in [3.8, 4) is 10.7 Å². The number of ether oxygens (including phenoxy) is 1. The number of carbonyl (C=O) groups excluding carboxylic acids is 2. The van der Waals surface area contributed by atoms with Crippen LogP contribution in [0.3, 0.4) is 0 Å². The number of aromatic nitrogens is 2. The predicted molar refractivity (Wildman–Crippen MR) is 108 cm³/mol. The third-order valence-electron chi connectivity index (χ3n) is 4.37. The number of thiazole rings is 1. The maximum atomic E-state index is 12.3. The summed E-state index contributed by atoms with van der Waals surface area (Å²) < 4.78 is 5.15. The molecule has 0 radical (unpaired) electrons. The van der Waals surface area contributed by atoms with E-state index in [1.807, 2.05) is 55.5 Å². The third-order valence-corrected chi connectivity index (χ3v) is 5.29. The molecule has 7 heteroatoms. The van der Waals surface area contributed by atoms with Gasteiger partial charge in [0.2, 0.25) is 0 Å². The van der Waals surface area contributed by atoms with Crippen molar-refractivity contribution < 1.29 is 14.3 Å². The van der Waals surface area contributed by atoms with E-state index in [1.165, 1.54) is 11.3 Å². The van der Waals surface area contributed by atoms with E-state index < -0.39 is 5.97 Å². The van der Waals surface area contributed by atoms with E-state index >= 15 is 0 Å². The fourth-order valence-corrected chi connectivity index (χ4v) is 3.40. The highest BCUT2D eigenvalue weighted by molar-refractivity contribution is 7.13. The SMILES string of the molecule is CC(c1ccccc1)N(C)C(=O)COC(=O)Cc1csc(-c2ccccn2)n1. The monoisotopic (exact) mass is 395 g/mol. The fraction of sp³-hybridized carbons (Fsp3) is 0.238. The Balaban J connectivity index is 1.50. The first-order valence-electron chi connectivity index (χ1n) is 8.86. The molecule has 0 aliphatic rings.